The first-order valence-corrected chi connectivity index (χ1v) is 13.1. The van der Waals surface area contributed by atoms with Gasteiger partial charge in [-0.1, -0.05) is 72.7 Å². The molecule has 0 fully saturated rings. The van der Waals surface area contributed by atoms with Crippen molar-refractivity contribution >= 4 is 17.3 Å². The second kappa shape index (κ2) is 11.1. The largest absolute Gasteiger partial charge is 0.511 e. The Morgan fingerprint density at radius 3 is 2.16 bits per heavy atom. The molecule has 1 heterocycles. The summed E-state index contributed by atoms with van der Waals surface area (Å²) in [5.41, 5.74) is 4.31. The first kappa shape index (κ1) is 24.9. The molecule has 0 bridgehead atoms. The maximum atomic E-state index is 13.2. The number of Topliss-reactive ketones (excluding diaryl/α,β-unsaturated/α-hetero) is 2. The quantitative estimate of drug-likeness (QED) is 0.368. The van der Waals surface area contributed by atoms with Gasteiger partial charge in [0.1, 0.15) is 11.5 Å². The molecule has 1 aromatic heterocycles. The molecule has 2 aliphatic rings. The molecule has 37 heavy (non-hydrogen) atoms. The van der Waals surface area contributed by atoms with Crippen LogP contribution in [0.4, 0.5) is 0 Å². The van der Waals surface area contributed by atoms with E-state index in [0.717, 1.165) is 17.5 Å². The number of ketones is 2. The van der Waals surface area contributed by atoms with E-state index >= 15 is 0 Å². The maximum absolute atomic E-state index is 13.2. The molecule has 0 spiro atoms. The lowest BCUT2D eigenvalue weighted by atomic mass is 9.80. The second-order valence-electron chi connectivity index (χ2n) is 9.96. The predicted octanol–water partition coefficient (Wildman–Crippen LogP) is 6.33. The Balaban J connectivity index is 1.34. The highest BCUT2D eigenvalue weighted by Crippen LogP contribution is 2.36. The summed E-state index contributed by atoms with van der Waals surface area (Å²) in [6, 6.07) is 19.9. The van der Waals surface area contributed by atoms with Crippen molar-refractivity contribution < 1.29 is 19.2 Å². The molecule has 2 aliphatic carbocycles. The van der Waals surface area contributed by atoms with Gasteiger partial charge in [-0.25, -0.2) is 0 Å². The highest BCUT2D eigenvalue weighted by Gasteiger charge is 2.34. The van der Waals surface area contributed by atoms with Crippen LogP contribution in [0.15, 0.2) is 81.5 Å². The molecule has 2 aromatic carbocycles. The molecular formula is C31H32N2O4. The first-order valence-electron chi connectivity index (χ1n) is 13.1. The molecule has 0 saturated heterocycles. The Morgan fingerprint density at radius 2 is 1.54 bits per heavy atom. The van der Waals surface area contributed by atoms with Crippen molar-refractivity contribution in [3.63, 3.8) is 0 Å². The summed E-state index contributed by atoms with van der Waals surface area (Å²) >= 11 is 0. The molecule has 3 aromatic rings. The van der Waals surface area contributed by atoms with E-state index in [0.29, 0.717) is 73.4 Å². The minimum Gasteiger partial charge on any atom is -0.511 e. The summed E-state index contributed by atoms with van der Waals surface area (Å²) in [6.07, 6.45) is 3.48. The Hall–Kier alpha value is -3.80. The number of carbonyl (C=O) groups excluding carboxylic acids is 2. The fourth-order valence-electron chi connectivity index (χ4n) is 5.52. The third kappa shape index (κ3) is 5.33. The number of benzene rings is 2. The smallest absolute Gasteiger partial charge is 0.168 e. The Kier molecular flexibility index (Phi) is 7.45. The molecular weight excluding hydrogens is 464 g/mol. The topological polar surface area (TPSA) is 92.8 Å². The molecule has 1 N–H and O–H groups in total. The van der Waals surface area contributed by atoms with Gasteiger partial charge in [-0.2, -0.15) is 0 Å². The molecule has 6 heteroatoms. The molecule has 2 atom stereocenters. The second-order valence-corrected chi connectivity index (χ2v) is 9.96. The number of aromatic nitrogens is 1. The van der Waals surface area contributed by atoms with E-state index in [9.17, 15) is 14.7 Å². The Morgan fingerprint density at radius 1 is 0.919 bits per heavy atom. The molecule has 0 amide bonds. The maximum Gasteiger partial charge on any atom is 0.168 e. The van der Waals surface area contributed by atoms with Crippen LogP contribution in [0.5, 0.6) is 0 Å². The van der Waals surface area contributed by atoms with Crippen molar-refractivity contribution in [2.75, 3.05) is 6.54 Å². The zero-order valence-electron chi connectivity index (χ0n) is 21.2. The number of nitrogens with zero attached hydrogens (tertiary/aromatic N) is 2. The van der Waals surface area contributed by atoms with Gasteiger partial charge < -0.3 is 9.63 Å². The van der Waals surface area contributed by atoms with Gasteiger partial charge in [-0.05, 0) is 42.2 Å². The molecule has 5 rings (SSSR count). The van der Waals surface area contributed by atoms with Crippen LogP contribution in [0.3, 0.4) is 0 Å². The van der Waals surface area contributed by atoms with Crippen LogP contribution >= 0.6 is 0 Å². The van der Waals surface area contributed by atoms with Crippen LogP contribution in [0, 0.1) is 0 Å². The van der Waals surface area contributed by atoms with Crippen LogP contribution in [0.2, 0.25) is 0 Å². The van der Waals surface area contributed by atoms with Gasteiger partial charge in [-0.3, -0.25) is 14.6 Å². The molecule has 0 radical (unpaired) electrons. The molecule has 6 nitrogen and oxygen atoms in total. The monoisotopic (exact) mass is 496 g/mol. The molecule has 2 unspecified atom stereocenters. The minimum atomic E-state index is -0.0867. The Bertz CT molecular complexity index is 1340. The van der Waals surface area contributed by atoms with Crippen LogP contribution < -0.4 is 0 Å². The standard InChI is InChI=1S/C31H32N2O4/c1-2-15-32-24(30-26(34)16-22(17-27(30)35)20-9-5-3-6-10-20)13-14-25-31-28(36)18-23(19-29(31)37-33-25)21-11-7-4-8-12-21/h3-12,22-23,34H,2,13-19H2,1H3. The van der Waals surface area contributed by atoms with Gasteiger partial charge in [0.2, 0.25) is 0 Å². The van der Waals surface area contributed by atoms with E-state index in [4.69, 9.17) is 4.52 Å². The number of fused-ring (bicyclic) bond motifs is 1. The number of hydrogen-bond donors (Lipinski definition) is 1. The lowest BCUT2D eigenvalue weighted by Gasteiger charge is -2.24. The summed E-state index contributed by atoms with van der Waals surface area (Å²) in [7, 11) is 0. The lowest BCUT2D eigenvalue weighted by Crippen LogP contribution is -2.25. The number of aliphatic imine (C=N–C) groups is 1. The molecule has 0 aliphatic heterocycles. The summed E-state index contributed by atoms with van der Waals surface area (Å²) in [4.78, 5) is 31.0. The summed E-state index contributed by atoms with van der Waals surface area (Å²) in [5, 5.41) is 15.2. The van der Waals surface area contributed by atoms with E-state index in [-0.39, 0.29) is 29.2 Å². The average molecular weight is 497 g/mol. The van der Waals surface area contributed by atoms with E-state index in [1.54, 1.807) is 0 Å². The highest BCUT2D eigenvalue weighted by atomic mass is 16.5. The van der Waals surface area contributed by atoms with Crippen molar-refractivity contribution in [3.8, 4) is 0 Å². The number of rotatable bonds is 8. The van der Waals surface area contributed by atoms with Gasteiger partial charge in [0.15, 0.2) is 11.6 Å². The van der Waals surface area contributed by atoms with Gasteiger partial charge in [0, 0.05) is 37.9 Å². The highest BCUT2D eigenvalue weighted by molar-refractivity contribution is 6.23. The fraction of sp³-hybridized carbons (Fsp3) is 0.355. The van der Waals surface area contributed by atoms with Crippen LogP contribution in [-0.4, -0.2) is 34.1 Å². The van der Waals surface area contributed by atoms with Crippen LogP contribution in [0.1, 0.15) is 83.8 Å². The number of aryl methyl sites for hydroxylation is 1. The van der Waals surface area contributed by atoms with Gasteiger partial charge in [0.25, 0.3) is 0 Å². The first-order chi connectivity index (χ1) is 18.0. The van der Waals surface area contributed by atoms with Crippen molar-refractivity contribution in [1.29, 1.82) is 0 Å². The third-order valence-corrected chi connectivity index (χ3v) is 7.37. The summed E-state index contributed by atoms with van der Waals surface area (Å²) < 4.78 is 5.63. The number of aliphatic hydroxyl groups is 1. The lowest BCUT2D eigenvalue weighted by molar-refractivity contribution is -0.116. The van der Waals surface area contributed by atoms with Crippen molar-refractivity contribution in [3.05, 3.63) is 100 Å². The van der Waals surface area contributed by atoms with E-state index in [2.05, 4.69) is 10.1 Å². The van der Waals surface area contributed by atoms with Crippen molar-refractivity contribution in [1.82, 2.24) is 5.16 Å². The average Bonchev–Trinajstić information content (AvgIpc) is 3.34. The summed E-state index contributed by atoms with van der Waals surface area (Å²) in [6.45, 7) is 2.59. The Labute approximate surface area is 217 Å². The van der Waals surface area contributed by atoms with E-state index in [1.807, 2.05) is 67.6 Å². The minimum absolute atomic E-state index is 0.0392. The van der Waals surface area contributed by atoms with Crippen LogP contribution in [-0.2, 0) is 17.6 Å². The fourth-order valence-corrected chi connectivity index (χ4v) is 5.52. The number of aliphatic hydroxyl groups excluding tert-OH is 1. The molecule has 0 saturated carbocycles. The predicted molar refractivity (Wildman–Crippen MR) is 142 cm³/mol. The van der Waals surface area contributed by atoms with Crippen molar-refractivity contribution in [2.24, 2.45) is 4.99 Å². The van der Waals surface area contributed by atoms with Crippen LogP contribution in [0.25, 0.3) is 0 Å². The zero-order valence-corrected chi connectivity index (χ0v) is 21.2. The third-order valence-electron chi connectivity index (χ3n) is 7.37. The SMILES string of the molecule is CCCN=C(CCc1noc2c1C(=O)CC(c1ccccc1)C2)C1=C(O)CC(c2ccccc2)CC1=O. The van der Waals surface area contributed by atoms with Gasteiger partial charge in [-0.15, -0.1) is 0 Å². The summed E-state index contributed by atoms with van der Waals surface area (Å²) in [5.74, 6) is 0.736. The van der Waals surface area contributed by atoms with E-state index < -0.39 is 0 Å². The zero-order chi connectivity index (χ0) is 25.8. The molecule has 190 valence electrons. The van der Waals surface area contributed by atoms with Gasteiger partial charge in [0.05, 0.1) is 16.8 Å². The number of hydrogen-bond acceptors (Lipinski definition) is 6. The number of carbonyl (C=O) groups is 2. The van der Waals surface area contributed by atoms with E-state index in [1.165, 1.54) is 0 Å². The van der Waals surface area contributed by atoms with Crippen molar-refractivity contribution in [2.45, 2.75) is 63.7 Å². The number of allylic oxidation sites excluding steroid dienone is 2. The normalized spacial score (nSPS) is 20.3. The van der Waals surface area contributed by atoms with Gasteiger partial charge >= 0.3 is 0 Å².